The van der Waals surface area contributed by atoms with Crippen molar-refractivity contribution in [1.29, 1.82) is 0 Å². The standard InChI is InChI=1S/C13H15N3O3/c1-9(2)16-11(8-17)13(19-15-16)14-12(18)10-6-4-3-5-7-10/h3-7,9,17H,8H2,1-2H3. The number of aliphatic imine (C=N–C) groups is 1. The second-order valence-corrected chi connectivity index (χ2v) is 4.30. The van der Waals surface area contributed by atoms with Crippen LogP contribution in [0.5, 0.6) is 0 Å². The number of aliphatic hydroxyl groups is 1. The summed E-state index contributed by atoms with van der Waals surface area (Å²) in [6.45, 7) is 3.50. The molecule has 0 unspecified atom stereocenters. The molecule has 19 heavy (non-hydrogen) atoms. The van der Waals surface area contributed by atoms with E-state index in [1.54, 1.807) is 24.3 Å². The SMILES string of the molecule is CC(C)[n+]1noc(/N=C(\[O-])c2ccccc2)c1CO. The van der Waals surface area contributed by atoms with Gasteiger partial charge in [0.25, 0.3) is 0 Å². The molecule has 0 spiro atoms. The molecule has 1 N–H and O–H groups in total. The van der Waals surface area contributed by atoms with Gasteiger partial charge in [0.1, 0.15) is 6.61 Å². The maximum atomic E-state index is 11.9. The summed E-state index contributed by atoms with van der Waals surface area (Å²) in [5.41, 5.74) is 0.846. The van der Waals surface area contributed by atoms with E-state index in [0.717, 1.165) is 0 Å². The molecule has 0 bridgehead atoms. The van der Waals surface area contributed by atoms with Gasteiger partial charge >= 0.3 is 11.6 Å². The van der Waals surface area contributed by atoms with Crippen molar-refractivity contribution < 1.29 is 19.4 Å². The van der Waals surface area contributed by atoms with E-state index in [2.05, 4.69) is 10.3 Å². The summed E-state index contributed by atoms with van der Waals surface area (Å²) in [5.74, 6) is -0.382. The topological polar surface area (TPSA) is 85.6 Å². The Bertz CT molecular complexity index is 576. The second kappa shape index (κ2) is 5.62. The number of nitrogens with zero attached hydrogens (tertiary/aromatic N) is 3. The predicted octanol–water partition coefficient (Wildman–Crippen LogP) is 0.474. The van der Waals surface area contributed by atoms with Crippen LogP contribution in [0.4, 0.5) is 5.88 Å². The molecule has 2 rings (SSSR count). The fourth-order valence-electron chi connectivity index (χ4n) is 1.65. The number of aromatic nitrogens is 2. The molecule has 0 aliphatic rings. The van der Waals surface area contributed by atoms with Gasteiger partial charge in [-0.3, -0.25) is 4.52 Å². The van der Waals surface area contributed by atoms with Gasteiger partial charge in [-0.2, -0.15) is 0 Å². The Balaban J connectivity index is 2.38. The van der Waals surface area contributed by atoms with Crippen LogP contribution in [-0.4, -0.2) is 16.3 Å². The Labute approximate surface area is 110 Å². The molecular weight excluding hydrogens is 246 g/mol. The Kier molecular flexibility index (Phi) is 3.91. The normalized spacial score (nSPS) is 12.1. The molecule has 1 heterocycles. The lowest BCUT2D eigenvalue weighted by Gasteiger charge is -2.08. The maximum Gasteiger partial charge on any atom is 0.326 e. The van der Waals surface area contributed by atoms with Crippen molar-refractivity contribution in [3.63, 3.8) is 0 Å². The molecule has 6 heteroatoms. The van der Waals surface area contributed by atoms with Crippen LogP contribution in [0.3, 0.4) is 0 Å². The molecule has 0 atom stereocenters. The minimum Gasteiger partial charge on any atom is -0.858 e. The van der Waals surface area contributed by atoms with E-state index in [9.17, 15) is 10.2 Å². The zero-order chi connectivity index (χ0) is 13.8. The van der Waals surface area contributed by atoms with Gasteiger partial charge in [-0.05, 0) is 16.1 Å². The van der Waals surface area contributed by atoms with Crippen LogP contribution in [0.1, 0.15) is 31.1 Å². The summed E-state index contributed by atoms with van der Waals surface area (Å²) in [7, 11) is 0. The molecular formula is C13H15N3O3. The first kappa shape index (κ1) is 13.2. The van der Waals surface area contributed by atoms with E-state index in [1.807, 2.05) is 19.9 Å². The molecule has 0 amide bonds. The highest BCUT2D eigenvalue weighted by atomic mass is 16.5. The minimum absolute atomic E-state index is 0.0154. The Morgan fingerprint density at radius 2 is 2.11 bits per heavy atom. The molecule has 2 aromatic rings. The number of benzene rings is 1. The van der Waals surface area contributed by atoms with Gasteiger partial charge in [0.15, 0.2) is 6.04 Å². The highest BCUT2D eigenvalue weighted by Gasteiger charge is 2.25. The van der Waals surface area contributed by atoms with Crippen molar-refractivity contribution in [1.82, 2.24) is 5.27 Å². The van der Waals surface area contributed by atoms with Gasteiger partial charge in [-0.25, -0.2) is 4.99 Å². The molecule has 0 saturated carbocycles. The number of rotatable bonds is 4. The maximum absolute atomic E-state index is 11.9. The van der Waals surface area contributed by atoms with Crippen molar-refractivity contribution in [2.24, 2.45) is 4.99 Å². The summed E-state index contributed by atoms with van der Waals surface area (Å²) in [4.78, 5) is 3.85. The third-order valence-electron chi connectivity index (χ3n) is 2.60. The van der Waals surface area contributed by atoms with Crippen LogP contribution in [0, 0.1) is 0 Å². The van der Waals surface area contributed by atoms with Crippen LogP contribution in [0.2, 0.25) is 0 Å². The average Bonchev–Trinajstić information content (AvgIpc) is 2.82. The number of hydrogen-bond donors (Lipinski definition) is 1. The lowest BCUT2D eigenvalue weighted by molar-refractivity contribution is -0.786. The summed E-state index contributed by atoms with van der Waals surface area (Å²) >= 11 is 0. The van der Waals surface area contributed by atoms with E-state index in [0.29, 0.717) is 11.3 Å². The van der Waals surface area contributed by atoms with Gasteiger partial charge < -0.3 is 10.2 Å². The molecule has 0 radical (unpaired) electrons. The van der Waals surface area contributed by atoms with Crippen molar-refractivity contribution in [3.05, 3.63) is 41.6 Å². The fourth-order valence-corrected chi connectivity index (χ4v) is 1.65. The summed E-state index contributed by atoms with van der Waals surface area (Å²) in [6, 6.07) is 8.67. The number of hydrogen-bond acceptors (Lipinski definition) is 5. The van der Waals surface area contributed by atoms with Gasteiger partial charge in [0.05, 0.1) is 0 Å². The molecule has 0 fully saturated rings. The largest absolute Gasteiger partial charge is 0.858 e. The third kappa shape index (κ3) is 2.79. The van der Waals surface area contributed by atoms with E-state index in [1.165, 1.54) is 4.68 Å². The van der Waals surface area contributed by atoms with E-state index in [-0.39, 0.29) is 18.5 Å². The predicted molar refractivity (Wildman–Crippen MR) is 65.6 cm³/mol. The van der Waals surface area contributed by atoms with Gasteiger partial charge in [0.2, 0.25) is 5.27 Å². The lowest BCUT2D eigenvalue weighted by Crippen LogP contribution is -2.41. The van der Waals surface area contributed by atoms with Gasteiger partial charge in [-0.15, -0.1) is 0 Å². The molecule has 0 aliphatic carbocycles. The summed E-state index contributed by atoms with van der Waals surface area (Å²) in [5, 5.41) is 25.0. The third-order valence-corrected chi connectivity index (χ3v) is 2.60. The quantitative estimate of drug-likeness (QED) is 0.492. The summed E-state index contributed by atoms with van der Waals surface area (Å²) < 4.78 is 6.50. The highest BCUT2D eigenvalue weighted by Crippen LogP contribution is 2.17. The van der Waals surface area contributed by atoms with E-state index in [4.69, 9.17) is 4.52 Å². The van der Waals surface area contributed by atoms with Crippen LogP contribution < -0.4 is 9.79 Å². The Hall–Kier alpha value is -2.21. The fraction of sp³-hybridized carbons (Fsp3) is 0.308. The minimum atomic E-state index is -0.428. The summed E-state index contributed by atoms with van der Waals surface area (Å²) in [6.07, 6.45) is 0. The molecule has 1 aromatic carbocycles. The first-order valence-electron chi connectivity index (χ1n) is 5.96. The van der Waals surface area contributed by atoms with Gasteiger partial charge in [0, 0.05) is 13.8 Å². The van der Waals surface area contributed by atoms with Gasteiger partial charge in [-0.1, -0.05) is 30.3 Å². The Morgan fingerprint density at radius 1 is 1.42 bits per heavy atom. The van der Waals surface area contributed by atoms with Crippen LogP contribution in [-0.2, 0) is 6.61 Å². The molecule has 6 nitrogen and oxygen atoms in total. The molecule has 0 saturated heterocycles. The lowest BCUT2D eigenvalue weighted by atomic mass is 10.2. The molecule has 1 aromatic heterocycles. The monoisotopic (exact) mass is 261 g/mol. The zero-order valence-corrected chi connectivity index (χ0v) is 10.8. The van der Waals surface area contributed by atoms with Crippen molar-refractivity contribution in [2.75, 3.05) is 0 Å². The van der Waals surface area contributed by atoms with Crippen molar-refractivity contribution in [3.8, 4) is 0 Å². The average molecular weight is 261 g/mol. The first-order valence-corrected chi connectivity index (χ1v) is 5.96. The van der Waals surface area contributed by atoms with Crippen LogP contribution in [0.25, 0.3) is 0 Å². The van der Waals surface area contributed by atoms with Crippen LogP contribution in [0.15, 0.2) is 39.8 Å². The zero-order valence-electron chi connectivity index (χ0n) is 10.8. The smallest absolute Gasteiger partial charge is 0.326 e. The second-order valence-electron chi connectivity index (χ2n) is 4.30. The van der Waals surface area contributed by atoms with Crippen molar-refractivity contribution in [2.45, 2.75) is 26.5 Å². The van der Waals surface area contributed by atoms with E-state index < -0.39 is 5.90 Å². The van der Waals surface area contributed by atoms with E-state index >= 15 is 0 Å². The first-order chi connectivity index (χ1) is 9.13. The molecule has 100 valence electrons. The van der Waals surface area contributed by atoms with Crippen molar-refractivity contribution >= 4 is 11.8 Å². The molecule has 0 aliphatic heterocycles. The van der Waals surface area contributed by atoms with Crippen LogP contribution >= 0.6 is 0 Å². The Morgan fingerprint density at radius 3 is 2.68 bits per heavy atom. The highest BCUT2D eigenvalue weighted by molar-refractivity contribution is 5.91. The number of aliphatic hydroxyl groups excluding tert-OH is 1.